The van der Waals surface area contributed by atoms with E-state index in [0.29, 0.717) is 6.20 Å². The van der Waals surface area contributed by atoms with Crippen LogP contribution in [0.1, 0.15) is 19.4 Å². The molecule has 0 aliphatic rings. The fraction of sp³-hybridized carbons (Fsp3) is 0.259. The molecule has 21 heteroatoms. The quantitative estimate of drug-likeness (QED) is 0.121. The van der Waals surface area contributed by atoms with Gasteiger partial charge in [-0.05, 0) is 30.3 Å². The topological polar surface area (TPSA) is 145 Å². The number of imidazole rings is 1. The molecule has 1 amide bonds. The number of ether oxygens (including phenoxy) is 1. The Labute approximate surface area is 272 Å². The Hall–Kier alpha value is -5.34. The molecule has 0 unspecified atom stereocenters. The fourth-order valence-electron chi connectivity index (χ4n) is 4.20. The molecular formula is C27H26F7N11O2S. The number of halogens is 7. The van der Waals surface area contributed by atoms with Gasteiger partial charge < -0.3 is 20.7 Å². The van der Waals surface area contributed by atoms with Gasteiger partial charge in [-0.1, -0.05) is 13.8 Å². The maximum absolute atomic E-state index is 14.1. The Morgan fingerprint density at radius 2 is 1.71 bits per heavy atom. The first-order chi connectivity index (χ1) is 22.6. The summed E-state index contributed by atoms with van der Waals surface area (Å²) in [5.74, 6) is -1.96. The van der Waals surface area contributed by atoms with Gasteiger partial charge in [0.15, 0.2) is 23.8 Å². The van der Waals surface area contributed by atoms with Gasteiger partial charge in [-0.25, -0.2) is 19.3 Å². The van der Waals surface area contributed by atoms with Crippen molar-refractivity contribution in [2.45, 2.75) is 32.9 Å². The number of primary amides is 1. The van der Waals surface area contributed by atoms with Crippen LogP contribution in [0.2, 0.25) is 0 Å². The average Bonchev–Trinajstić information content (AvgIpc) is 3.60. The number of hydrogen-bond acceptors (Lipinski definition) is 11. The molecule has 1 aromatic carbocycles. The number of benzene rings is 1. The number of nitrogens with zero attached hydrogens (tertiary/aromatic N) is 9. The Kier molecular flexibility index (Phi) is 10.5. The summed E-state index contributed by atoms with van der Waals surface area (Å²) in [4.78, 5) is 28.7. The number of alkyl halides is 6. The van der Waals surface area contributed by atoms with Gasteiger partial charge >= 0.3 is 12.5 Å². The molecule has 256 valence electrons. The number of aryl methyl sites for hydroxylation is 1. The van der Waals surface area contributed by atoms with Gasteiger partial charge in [-0.2, -0.15) is 23.3 Å². The van der Waals surface area contributed by atoms with Crippen molar-refractivity contribution in [3.8, 4) is 5.75 Å². The number of hydrogen-bond donors (Lipinski definition) is 2. The van der Waals surface area contributed by atoms with E-state index in [0.717, 1.165) is 21.3 Å². The molecule has 0 saturated carbocycles. The predicted molar refractivity (Wildman–Crippen MR) is 164 cm³/mol. The highest BCUT2D eigenvalue weighted by atomic mass is 32.2. The smallest absolute Gasteiger partial charge is 0.406 e. The monoisotopic (exact) mass is 701 g/mol. The van der Waals surface area contributed by atoms with E-state index in [4.69, 9.17) is 5.73 Å². The standard InChI is InChI=1S/C25H20F7N11O2S.C2H6/c1-40(20-17(24(26,27)28)10-35-22(39-20)37-13-8-36-42(11-13)12-19(33)44)15-7-18-21(34-9-15)41(2)23(38-18)43(46-32)14-3-5-16(6-4-14)45-25(29,30)31;1-2/h3-11H,12H2,1-2H3,(H2,33,44)(H,35,37,39);1-2H3. The van der Waals surface area contributed by atoms with Gasteiger partial charge in [0, 0.05) is 26.5 Å². The number of rotatable bonds is 10. The molecule has 4 aromatic heterocycles. The van der Waals surface area contributed by atoms with E-state index >= 15 is 0 Å². The Morgan fingerprint density at radius 3 is 2.31 bits per heavy atom. The molecule has 0 aliphatic carbocycles. The summed E-state index contributed by atoms with van der Waals surface area (Å²) in [7, 11) is 2.81. The summed E-state index contributed by atoms with van der Waals surface area (Å²) in [5.41, 5.74) is 4.85. The molecule has 0 spiro atoms. The van der Waals surface area contributed by atoms with Gasteiger partial charge in [0.1, 0.15) is 23.4 Å². The lowest BCUT2D eigenvalue weighted by atomic mass is 10.2. The first-order valence-electron chi connectivity index (χ1n) is 13.7. The molecular weight excluding hydrogens is 675 g/mol. The Morgan fingerprint density at radius 1 is 1.02 bits per heavy atom. The second-order valence-corrected chi connectivity index (χ2v) is 9.92. The minimum atomic E-state index is -4.91. The highest BCUT2D eigenvalue weighted by molar-refractivity contribution is 7.96. The van der Waals surface area contributed by atoms with E-state index in [9.17, 15) is 35.0 Å². The zero-order valence-electron chi connectivity index (χ0n) is 25.4. The van der Waals surface area contributed by atoms with E-state index in [2.05, 4.69) is 35.1 Å². The maximum atomic E-state index is 14.1. The minimum Gasteiger partial charge on any atom is -0.406 e. The molecule has 5 rings (SSSR count). The molecule has 0 bridgehead atoms. The Balaban J connectivity index is 0.00000255. The first kappa shape index (κ1) is 35.5. The van der Waals surface area contributed by atoms with Crippen molar-refractivity contribution >= 4 is 64.2 Å². The normalized spacial score (nSPS) is 11.6. The second-order valence-electron chi connectivity index (χ2n) is 9.42. The van der Waals surface area contributed by atoms with Crippen LogP contribution in [-0.2, 0) is 24.6 Å². The van der Waals surface area contributed by atoms with Gasteiger partial charge in [0.2, 0.25) is 17.8 Å². The van der Waals surface area contributed by atoms with Crippen LogP contribution in [0, 0.1) is 0 Å². The van der Waals surface area contributed by atoms with E-state index < -0.39 is 35.6 Å². The third-order valence-electron chi connectivity index (χ3n) is 6.21. The van der Waals surface area contributed by atoms with Crippen molar-refractivity contribution < 1.29 is 39.8 Å². The van der Waals surface area contributed by atoms with Gasteiger partial charge in [0.05, 0.1) is 29.5 Å². The SMILES string of the molecule is CC.CN(c1cnc2c(c1)nc(N(SF)c1ccc(OC(F)(F)F)cc1)n2C)c1nc(Nc2cnn(CC(N)=O)c2)ncc1C(F)(F)F. The molecule has 5 aromatic rings. The molecule has 0 atom stereocenters. The van der Waals surface area contributed by atoms with E-state index in [1.54, 1.807) is 0 Å². The first-order valence-corrected chi connectivity index (χ1v) is 14.3. The molecule has 4 heterocycles. The highest BCUT2D eigenvalue weighted by Crippen LogP contribution is 2.39. The van der Waals surface area contributed by atoms with Crippen LogP contribution >= 0.6 is 12.3 Å². The zero-order chi connectivity index (χ0) is 35.4. The lowest BCUT2D eigenvalue weighted by Crippen LogP contribution is -2.19. The van der Waals surface area contributed by atoms with E-state index in [1.807, 2.05) is 13.8 Å². The molecule has 3 N–H and O–H groups in total. The van der Waals surface area contributed by atoms with Crippen molar-refractivity contribution in [2.24, 2.45) is 12.8 Å². The van der Waals surface area contributed by atoms with Crippen LogP contribution in [0.25, 0.3) is 11.2 Å². The van der Waals surface area contributed by atoms with Crippen LogP contribution in [0.3, 0.4) is 0 Å². The summed E-state index contributed by atoms with van der Waals surface area (Å²) in [6, 6.07) is 5.76. The number of nitrogens with one attached hydrogen (secondary N) is 1. The van der Waals surface area contributed by atoms with Gasteiger partial charge in [0.25, 0.3) is 0 Å². The van der Waals surface area contributed by atoms with Crippen LogP contribution in [0.5, 0.6) is 5.75 Å². The molecule has 13 nitrogen and oxygen atoms in total. The molecule has 0 radical (unpaired) electrons. The van der Waals surface area contributed by atoms with Crippen LogP contribution < -0.4 is 25.0 Å². The summed E-state index contributed by atoms with van der Waals surface area (Å²) >= 11 is -0.286. The van der Waals surface area contributed by atoms with Gasteiger partial charge in [-0.3, -0.25) is 14.0 Å². The highest BCUT2D eigenvalue weighted by Gasteiger charge is 2.37. The van der Waals surface area contributed by atoms with Crippen molar-refractivity contribution in [3.05, 3.63) is 60.7 Å². The number of pyridine rings is 1. The maximum Gasteiger partial charge on any atom is 0.573 e. The largest absolute Gasteiger partial charge is 0.573 e. The zero-order valence-corrected chi connectivity index (χ0v) is 26.2. The number of amides is 1. The number of fused-ring (bicyclic) bond motifs is 1. The third-order valence-corrected chi connectivity index (χ3v) is 6.72. The van der Waals surface area contributed by atoms with Crippen molar-refractivity contribution in [1.82, 2.24) is 34.3 Å². The predicted octanol–water partition coefficient (Wildman–Crippen LogP) is 6.57. The summed E-state index contributed by atoms with van der Waals surface area (Å²) < 4.78 is 101. The van der Waals surface area contributed by atoms with Crippen LogP contribution in [0.4, 0.5) is 65.0 Å². The second kappa shape index (κ2) is 14.2. The molecule has 48 heavy (non-hydrogen) atoms. The molecule has 0 aliphatic heterocycles. The Bertz CT molecular complexity index is 1880. The summed E-state index contributed by atoms with van der Waals surface area (Å²) in [6.45, 7) is 3.78. The summed E-state index contributed by atoms with van der Waals surface area (Å²) in [6.07, 6.45) is -5.22. The number of carbonyl (C=O) groups excluding carboxylic acids is 1. The lowest BCUT2D eigenvalue weighted by Gasteiger charge is -2.22. The van der Waals surface area contributed by atoms with Crippen LogP contribution in [-0.4, -0.2) is 53.6 Å². The van der Waals surface area contributed by atoms with Gasteiger partial charge in [-0.15, -0.1) is 17.1 Å². The van der Waals surface area contributed by atoms with Crippen LogP contribution in [0.15, 0.2) is 55.1 Å². The van der Waals surface area contributed by atoms with Crippen molar-refractivity contribution in [2.75, 3.05) is 21.6 Å². The number of nitrogens with two attached hydrogens (primary N) is 1. The summed E-state index contributed by atoms with van der Waals surface area (Å²) in [5, 5.41) is 6.64. The third kappa shape index (κ3) is 8.14. The van der Waals surface area contributed by atoms with Crippen molar-refractivity contribution in [3.63, 3.8) is 0 Å². The fourth-order valence-corrected chi connectivity index (χ4v) is 4.63. The van der Waals surface area contributed by atoms with E-state index in [1.165, 1.54) is 60.1 Å². The molecule has 0 fully saturated rings. The minimum absolute atomic E-state index is 0.0272. The number of carbonyl (C=O) groups is 1. The van der Waals surface area contributed by atoms with E-state index in [-0.39, 0.29) is 59.0 Å². The number of aromatic nitrogens is 7. The number of anilines is 6. The lowest BCUT2D eigenvalue weighted by molar-refractivity contribution is -0.274. The van der Waals surface area contributed by atoms with Crippen molar-refractivity contribution in [1.29, 1.82) is 0 Å². The average molecular weight is 702 g/mol. The molecule has 0 saturated heterocycles.